The number of rotatable bonds is 6. The van der Waals surface area contributed by atoms with Gasteiger partial charge in [-0.25, -0.2) is 0 Å². The van der Waals surface area contributed by atoms with Gasteiger partial charge in [-0.3, -0.25) is 14.4 Å². The summed E-state index contributed by atoms with van der Waals surface area (Å²) in [6.07, 6.45) is 0. The predicted molar refractivity (Wildman–Crippen MR) is 116 cm³/mol. The van der Waals surface area contributed by atoms with Crippen LogP contribution in [0.5, 0.6) is 5.75 Å². The molecule has 0 aliphatic rings. The van der Waals surface area contributed by atoms with Crippen LogP contribution in [0, 0.1) is 6.92 Å². The highest BCUT2D eigenvalue weighted by Crippen LogP contribution is 2.28. The molecule has 0 radical (unpaired) electrons. The van der Waals surface area contributed by atoms with Crippen molar-refractivity contribution >= 4 is 29.0 Å². The number of carbonyl (C=O) groups is 3. The van der Waals surface area contributed by atoms with Gasteiger partial charge >= 0.3 is 0 Å². The molecule has 0 heterocycles. The van der Waals surface area contributed by atoms with Gasteiger partial charge in [0.25, 0.3) is 5.91 Å². The first-order valence-corrected chi connectivity index (χ1v) is 9.36. The van der Waals surface area contributed by atoms with Gasteiger partial charge in [-0.05, 0) is 31.2 Å². The Labute approximate surface area is 174 Å². The SMILES string of the molecule is COc1ccc(NC(=O)c2ccccc2C(=O)c2ccc(C)cc2)cc1NC(C)=O. The number of hydrogen-bond acceptors (Lipinski definition) is 4. The maximum Gasteiger partial charge on any atom is 0.256 e. The van der Waals surface area contributed by atoms with Gasteiger partial charge in [0.15, 0.2) is 5.78 Å². The Kier molecular flexibility index (Phi) is 6.27. The van der Waals surface area contributed by atoms with Gasteiger partial charge < -0.3 is 15.4 Å². The lowest BCUT2D eigenvalue weighted by Gasteiger charge is -2.13. The van der Waals surface area contributed by atoms with E-state index >= 15 is 0 Å². The Morgan fingerprint density at radius 2 is 1.50 bits per heavy atom. The summed E-state index contributed by atoms with van der Waals surface area (Å²) in [6.45, 7) is 3.33. The quantitative estimate of drug-likeness (QED) is 0.597. The fraction of sp³-hybridized carbons (Fsp3) is 0.125. The van der Waals surface area contributed by atoms with Crippen molar-refractivity contribution in [1.82, 2.24) is 0 Å². The monoisotopic (exact) mass is 402 g/mol. The van der Waals surface area contributed by atoms with E-state index in [4.69, 9.17) is 4.74 Å². The second-order valence-corrected chi connectivity index (χ2v) is 6.79. The van der Waals surface area contributed by atoms with E-state index in [-0.39, 0.29) is 17.3 Å². The molecule has 2 N–H and O–H groups in total. The minimum Gasteiger partial charge on any atom is -0.495 e. The molecular formula is C24H22N2O4. The van der Waals surface area contributed by atoms with Crippen LogP contribution in [-0.4, -0.2) is 24.7 Å². The Morgan fingerprint density at radius 1 is 0.833 bits per heavy atom. The summed E-state index contributed by atoms with van der Waals surface area (Å²) in [5, 5.41) is 5.45. The molecule has 0 fully saturated rings. The van der Waals surface area contributed by atoms with Gasteiger partial charge in [0.2, 0.25) is 5.91 Å². The van der Waals surface area contributed by atoms with E-state index in [1.54, 1.807) is 54.6 Å². The molecule has 0 spiro atoms. The summed E-state index contributed by atoms with van der Waals surface area (Å²) in [7, 11) is 1.49. The lowest BCUT2D eigenvalue weighted by Crippen LogP contribution is -2.17. The second kappa shape index (κ2) is 9.05. The number of nitrogens with one attached hydrogen (secondary N) is 2. The molecule has 0 aromatic heterocycles. The summed E-state index contributed by atoms with van der Waals surface area (Å²) in [4.78, 5) is 37.3. The number of amides is 2. The van der Waals surface area contributed by atoms with E-state index in [1.165, 1.54) is 14.0 Å². The molecule has 6 nitrogen and oxygen atoms in total. The summed E-state index contributed by atoms with van der Waals surface area (Å²) in [6, 6.07) is 18.8. The van der Waals surface area contributed by atoms with Gasteiger partial charge in [-0.15, -0.1) is 0 Å². The van der Waals surface area contributed by atoms with Crippen LogP contribution in [0.3, 0.4) is 0 Å². The van der Waals surface area contributed by atoms with E-state index < -0.39 is 5.91 Å². The zero-order valence-electron chi connectivity index (χ0n) is 17.0. The number of aryl methyl sites for hydroxylation is 1. The molecule has 0 aliphatic heterocycles. The number of carbonyl (C=O) groups excluding carboxylic acids is 3. The van der Waals surface area contributed by atoms with Crippen LogP contribution in [0.1, 0.15) is 38.8 Å². The highest BCUT2D eigenvalue weighted by Gasteiger charge is 2.18. The van der Waals surface area contributed by atoms with Crippen LogP contribution in [0.15, 0.2) is 66.7 Å². The van der Waals surface area contributed by atoms with Gasteiger partial charge in [0, 0.05) is 23.7 Å². The molecule has 0 atom stereocenters. The number of hydrogen-bond donors (Lipinski definition) is 2. The van der Waals surface area contributed by atoms with Crippen molar-refractivity contribution in [2.45, 2.75) is 13.8 Å². The third-order valence-electron chi connectivity index (χ3n) is 4.50. The predicted octanol–water partition coefficient (Wildman–Crippen LogP) is 4.45. The van der Waals surface area contributed by atoms with Gasteiger partial charge in [-0.1, -0.05) is 48.0 Å². The second-order valence-electron chi connectivity index (χ2n) is 6.79. The average molecular weight is 402 g/mol. The molecule has 30 heavy (non-hydrogen) atoms. The molecule has 3 aromatic carbocycles. The largest absolute Gasteiger partial charge is 0.495 e. The van der Waals surface area contributed by atoms with Crippen molar-refractivity contribution in [3.63, 3.8) is 0 Å². The van der Waals surface area contributed by atoms with Crippen molar-refractivity contribution in [3.05, 3.63) is 89.0 Å². The lowest BCUT2D eigenvalue weighted by molar-refractivity contribution is -0.114. The molecule has 6 heteroatoms. The molecule has 152 valence electrons. The van der Waals surface area contributed by atoms with E-state index in [1.807, 2.05) is 19.1 Å². The molecule has 0 bridgehead atoms. The minimum atomic E-state index is -0.426. The topological polar surface area (TPSA) is 84.5 Å². The molecular weight excluding hydrogens is 380 g/mol. The number of anilines is 2. The summed E-state index contributed by atoms with van der Waals surface area (Å²) in [5.74, 6) is -0.441. The first kappa shape index (κ1) is 20.8. The van der Waals surface area contributed by atoms with Crippen LogP contribution >= 0.6 is 0 Å². The van der Waals surface area contributed by atoms with Crippen LogP contribution in [0.4, 0.5) is 11.4 Å². The lowest BCUT2D eigenvalue weighted by atomic mass is 9.97. The first-order chi connectivity index (χ1) is 14.4. The third-order valence-corrected chi connectivity index (χ3v) is 4.50. The summed E-state index contributed by atoms with van der Waals surface area (Å²) >= 11 is 0. The maximum absolute atomic E-state index is 13.0. The first-order valence-electron chi connectivity index (χ1n) is 9.36. The Hall–Kier alpha value is -3.93. The number of ether oxygens (including phenoxy) is 1. The maximum atomic E-state index is 13.0. The highest BCUT2D eigenvalue weighted by molar-refractivity contribution is 6.17. The molecule has 0 unspecified atom stereocenters. The van der Waals surface area contributed by atoms with Crippen molar-refractivity contribution in [3.8, 4) is 5.75 Å². The van der Waals surface area contributed by atoms with E-state index in [2.05, 4.69) is 10.6 Å². The van der Waals surface area contributed by atoms with Crippen molar-refractivity contribution in [2.75, 3.05) is 17.7 Å². The molecule has 0 aliphatic carbocycles. The number of benzene rings is 3. The summed E-state index contributed by atoms with van der Waals surface area (Å²) < 4.78 is 5.23. The molecule has 3 rings (SSSR count). The van der Waals surface area contributed by atoms with Gasteiger partial charge in [0.05, 0.1) is 18.4 Å². The fourth-order valence-corrected chi connectivity index (χ4v) is 3.01. The molecule has 0 saturated carbocycles. The highest BCUT2D eigenvalue weighted by atomic mass is 16.5. The van der Waals surface area contributed by atoms with E-state index in [0.717, 1.165) is 5.56 Å². The Balaban J connectivity index is 1.89. The number of methoxy groups -OCH3 is 1. The molecule has 0 saturated heterocycles. The average Bonchev–Trinajstić information content (AvgIpc) is 2.73. The smallest absolute Gasteiger partial charge is 0.256 e. The zero-order valence-corrected chi connectivity index (χ0v) is 17.0. The summed E-state index contributed by atoms with van der Waals surface area (Å²) in [5.41, 5.74) is 3.04. The number of ketones is 1. The van der Waals surface area contributed by atoms with Crippen LogP contribution in [0.2, 0.25) is 0 Å². The molecule has 2 amide bonds. The van der Waals surface area contributed by atoms with Crippen molar-refractivity contribution in [1.29, 1.82) is 0 Å². The zero-order chi connectivity index (χ0) is 21.7. The van der Waals surface area contributed by atoms with Crippen LogP contribution in [0.25, 0.3) is 0 Å². The van der Waals surface area contributed by atoms with Crippen LogP contribution in [-0.2, 0) is 4.79 Å². The van der Waals surface area contributed by atoms with Crippen molar-refractivity contribution in [2.24, 2.45) is 0 Å². The van der Waals surface area contributed by atoms with E-state index in [0.29, 0.717) is 28.3 Å². The molecule has 3 aromatic rings. The normalized spacial score (nSPS) is 10.2. The van der Waals surface area contributed by atoms with E-state index in [9.17, 15) is 14.4 Å². The Bertz CT molecular complexity index is 1100. The Morgan fingerprint density at radius 3 is 2.13 bits per heavy atom. The fourth-order valence-electron chi connectivity index (χ4n) is 3.01. The third kappa shape index (κ3) is 4.72. The van der Waals surface area contributed by atoms with Gasteiger partial charge in [-0.2, -0.15) is 0 Å². The van der Waals surface area contributed by atoms with Crippen molar-refractivity contribution < 1.29 is 19.1 Å². The van der Waals surface area contributed by atoms with Crippen LogP contribution < -0.4 is 15.4 Å². The standard InChI is InChI=1S/C24H22N2O4/c1-15-8-10-17(11-9-15)23(28)19-6-4-5-7-20(19)24(29)26-18-12-13-22(30-3)21(14-18)25-16(2)27/h4-14H,1-3H3,(H,25,27)(H,26,29). The van der Waals surface area contributed by atoms with Gasteiger partial charge in [0.1, 0.15) is 5.75 Å². The minimum absolute atomic E-state index is 0.227.